The third kappa shape index (κ3) is 2.87. The van der Waals surface area contributed by atoms with Gasteiger partial charge in [-0.1, -0.05) is 0 Å². The lowest BCUT2D eigenvalue weighted by atomic mass is 10.3. The van der Waals surface area contributed by atoms with Gasteiger partial charge in [-0.15, -0.1) is 0 Å². The first-order chi connectivity index (χ1) is 7.86. The van der Waals surface area contributed by atoms with Crippen LogP contribution in [0.25, 0.3) is 0 Å². The van der Waals surface area contributed by atoms with E-state index in [2.05, 4.69) is 20.4 Å². The largest absolute Gasteiger partial charge is 0.311 e. The second-order valence-corrected chi connectivity index (χ2v) is 3.57. The van der Waals surface area contributed by atoms with Crippen molar-refractivity contribution in [1.82, 2.24) is 25.1 Å². The van der Waals surface area contributed by atoms with Crippen molar-refractivity contribution in [2.45, 2.75) is 13.0 Å². The van der Waals surface area contributed by atoms with Crippen LogP contribution < -0.4 is 5.32 Å². The highest BCUT2D eigenvalue weighted by molar-refractivity contribution is 5.01. The number of hydrogen-bond donors (Lipinski definition) is 1. The first-order valence-corrected chi connectivity index (χ1v) is 5.29. The van der Waals surface area contributed by atoms with Crippen molar-refractivity contribution >= 4 is 0 Å². The monoisotopic (exact) mass is 217 g/mol. The molecule has 16 heavy (non-hydrogen) atoms. The van der Waals surface area contributed by atoms with Crippen LogP contribution in [0.2, 0.25) is 0 Å². The molecule has 0 spiro atoms. The fourth-order valence-corrected chi connectivity index (χ4v) is 1.50. The summed E-state index contributed by atoms with van der Waals surface area (Å²) in [6.07, 6.45) is 6.12. The molecule has 0 saturated heterocycles. The molecule has 0 bridgehead atoms. The van der Waals surface area contributed by atoms with Crippen LogP contribution in [-0.4, -0.2) is 26.3 Å². The van der Waals surface area contributed by atoms with E-state index in [1.807, 2.05) is 30.1 Å². The van der Waals surface area contributed by atoms with E-state index >= 15 is 0 Å². The smallest absolute Gasteiger partial charge is 0.115 e. The molecule has 0 atom stereocenters. The normalized spacial score (nSPS) is 10.6. The summed E-state index contributed by atoms with van der Waals surface area (Å²) in [6, 6.07) is 3.95. The van der Waals surface area contributed by atoms with E-state index in [1.54, 1.807) is 12.5 Å². The van der Waals surface area contributed by atoms with Crippen LogP contribution >= 0.6 is 0 Å². The van der Waals surface area contributed by atoms with Crippen LogP contribution in [0.15, 0.2) is 30.9 Å². The van der Waals surface area contributed by atoms with E-state index in [4.69, 9.17) is 0 Å². The number of aryl methyl sites for hydroxylation is 1. The summed E-state index contributed by atoms with van der Waals surface area (Å²) in [5.41, 5.74) is 2.25. The van der Waals surface area contributed by atoms with Gasteiger partial charge in [0.15, 0.2) is 0 Å². The summed E-state index contributed by atoms with van der Waals surface area (Å²) in [7, 11) is 1.96. The summed E-state index contributed by atoms with van der Waals surface area (Å²) < 4.78 is 1.90. The van der Waals surface area contributed by atoms with Crippen LogP contribution in [0.1, 0.15) is 11.4 Å². The summed E-state index contributed by atoms with van der Waals surface area (Å²) >= 11 is 0. The average molecular weight is 217 g/mol. The van der Waals surface area contributed by atoms with Crippen molar-refractivity contribution in [1.29, 1.82) is 0 Å². The molecule has 1 N–H and O–H groups in total. The molecule has 5 nitrogen and oxygen atoms in total. The third-order valence-corrected chi connectivity index (χ3v) is 2.43. The molecule has 2 heterocycles. The molecule has 84 valence electrons. The predicted molar refractivity (Wildman–Crippen MR) is 60.7 cm³/mol. The fourth-order valence-electron chi connectivity index (χ4n) is 1.50. The Morgan fingerprint density at radius 2 is 2.25 bits per heavy atom. The van der Waals surface area contributed by atoms with Gasteiger partial charge in [0.1, 0.15) is 6.33 Å². The van der Waals surface area contributed by atoms with Crippen molar-refractivity contribution in [3.8, 4) is 0 Å². The molecule has 0 aliphatic rings. The molecule has 0 saturated carbocycles. The number of nitrogens with one attached hydrogen (secondary N) is 1. The van der Waals surface area contributed by atoms with Crippen molar-refractivity contribution in [2.24, 2.45) is 7.05 Å². The highest BCUT2D eigenvalue weighted by Crippen LogP contribution is 1.96. The average Bonchev–Trinajstić information content (AvgIpc) is 2.72. The van der Waals surface area contributed by atoms with Crippen LogP contribution in [0, 0.1) is 0 Å². The maximum absolute atomic E-state index is 4.14. The van der Waals surface area contributed by atoms with Crippen LogP contribution in [0.3, 0.4) is 0 Å². The van der Waals surface area contributed by atoms with E-state index < -0.39 is 0 Å². The molecule has 5 heteroatoms. The molecule has 0 aromatic carbocycles. The highest BCUT2D eigenvalue weighted by Gasteiger charge is 1.98. The lowest BCUT2D eigenvalue weighted by molar-refractivity contribution is 0.636. The minimum absolute atomic E-state index is 0.778. The Labute approximate surface area is 94.5 Å². The Balaban J connectivity index is 1.72. The number of hydrogen-bond acceptors (Lipinski definition) is 4. The van der Waals surface area contributed by atoms with Gasteiger partial charge in [-0.25, -0.2) is 9.97 Å². The molecule has 2 aromatic rings. The van der Waals surface area contributed by atoms with Crippen LogP contribution in [-0.2, 0) is 20.0 Å². The van der Waals surface area contributed by atoms with E-state index in [1.165, 1.54) is 5.69 Å². The molecule has 0 fully saturated rings. The second-order valence-electron chi connectivity index (χ2n) is 3.57. The van der Waals surface area contributed by atoms with Crippen molar-refractivity contribution in [3.63, 3.8) is 0 Å². The standard InChI is InChI=1S/C11H15N5/c1-16-11(4-7-15-16)3-6-12-8-10-2-5-13-9-14-10/h2,4-5,7,9,12H,3,6,8H2,1H3. The van der Waals surface area contributed by atoms with E-state index in [9.17, 15) is 0 Å². The SMILES string of the molecule is Cn1nccc1CCNCc1ccncn1. The molecule has 0 aliphatic heterocycles. The van der Waals surface area contributed by atoms with Gasteiger partial charge < -0.3 is 5.32 Å². The molecule has 0 radical (unpaired) electrons. The highest BCUT2D eigenvalue weighted by atomic mass is 15.3. The summed E-state index contributed by atoms with van der Waals surface area (Å²) in [5, 5.41) is 7.46. The van der Waals surface area contributed by atoms with Gasteiger partial charge in [-0.05, 0) is 12.1 Å². The zero-order valence-electron chi connectivity index (χ0n) is 9.30. The van der Waals surface area contributed by atoms with Crippen molar-refractivity contribution in [2.75, 3.05) is 6.54 Å². The van der Waals surface area contributed by atoms with Gasteiger partial charge in [0.25, 0.3) is 0 Å². The maximum atomic E-state index is 4.14. The van der Waals surface area contributed by atoms with E-state index in [-0.39, 0.29) is 0 Å². The van der Waals surface area contributed by atoms with E-state index in [0.29, 0.717) is 0 Å². The Morgan fingerprint density at radius 1 is 1.31 bits per heavy atom. The fraction of sp³-hybridized carbons (Fsp3) is 0.364. The molecular weight excluding hydrogens is 202 g/mol. The topological polar surface area (TPSA) is 55.6 Å². The van der Waals surface area contributed by atoms with Gasteiger partial charge in [0.2, 0.25) is 0 Å². The van der Waals surface area contributed by atoms with Gasteiger partial charge in [0, 0.05) is 44.6 Å². The first kappa shape index (κ1) is 10.8. The maximum Gasteiger partial charge on any atom is 0.115 e. The number of aromatic nitrogens is 4. The molecule has 2 rings (SSSR count). The summed E-state index contributed by atoms with van der Waals surface area (Å²) in [4.78, 5) is 8.02. The second kappa shape index (κ2) is 5.37. The Hall–Kier alpha value is -1.75. The first-order valence-electron chi connectivity index (χ1n) is 5.29. The van der Waals surface area contributed by atoms with Gasteiger partial charge in [-0.2, -0.15) is 5.10 Å². The van der Waals surface area contributed by atoms with Crippen molar-refractivity contribution in [3.05, 3.63) is 42.2 Å². The minimum Gasteiger partial charge on any atom is -0.311 e. The molecule has 0 unspecified atom stereocenters. The molecule has 0 aliphatic carbocycles. The van der Waals surface area contributed by atoms with Crippen LogP contribution in [0.4, 0.5) is 0 Å². The summed E-state index contributed by atoms with van der Waals surface area (Å²) in [6.45, 7) is 1.70. The molecule has 2 aromatic heterocycles. The van der Waals surface area contributed by atoms with Gasteiger partial charge in [-0.3, -0.25) is 4.68 Å². The van der Waals surface area contributed by atoms with Crippen molar-refractivity contribution < 1.29 is 0 Å². The van der Waals surface area contributed by atoms with E-state index in [0.717, 1.165) is 25.2 Å². The Morgan fingerprint density at radius 3 is 2.94 bits per heavy atom. The van der Waals surface area contributed by atoms with Gasteiger partial charge >= 0.3 is 0 Å². The Kier molecular flexibility index (Phi) is 3.61. The number of rotatable bonds is 5. The van der Waals surface area contributed by atoms with Crippen LogP contribution in [0.5, 0.6) is 0 Å². The number of nitrogens with zero attached hydrogens (tertiary/aromatic N) is 4. The minimum atomic E-state index is 0.778. The lowest BCUT2D eigenvalue weighted by Gasteiger charge is -2.04. The zero-order valence-corrected chi connectivity index (χ0v) is 9.30. The quantitative estimate of drug-likeness (QED) is 0.743. The lowest BCUT2D eigenvalue weighted by Crippen LogP contribution is -2.18. The van der Waals surface area contributed by atoms with Gasteiger partial charge in [0.05, 0.1) is 5.69 Å². The molecular formula is C11H15N5. The zero-order chi connectivity index (χ0) is 11.2. The predicted octanol–water partition coefficient (Wildman–Crippen LogP) is 0.542. The molecule has 0 amide bonds. The summed E-state index contributed by atoms with van der Waals surface area (Å²) in [5.74, 6) is 0. The Bertz CT molecular complexity index is 423. The third-order valence-electron chi connectivity index (χ3n) is 2.43.